The van der Waals surface area contributed by atoms with Gasteiger partial charge in [0.15, 0.2) is 0 Å². The Balaban J connectivity index is 1.87. The maximum Gasteiger partial charge on any atom is 0.0602 e. The van der Waals surface area contributed by atoms with Crippen molar-refractivity contribution in [1.82, 2.24) is 5.32 Å². The highest BCUT2D eigenvalue weighted by Gasteiger charge is 2.34. The van der Waals surface area contributed by atoms with E-state index in [0.29, 0.717) is 0 Å². The van der Waals surface area contributed by atoms with E-state index < -0.39 is 0 Å². The molecule has 0 amide bonds. The van der Waals surface area contributed by atoms with E-state index in [-0.39, 0.29) is 24.1 Å². The number of aliphatic hydroxyl groups excluding tert-OH is 1. The van der Waals surface area contributed by atoms with Gasteiger partial charge in [0, 0.05) is 18.0 Å². The molecule has 4 atom stereocenters. The molecule has 2 aromatic rings. The zero-order valence-electron chi connectivity index (χ0n) is 11.7. The molecule has 0 radical (unpaired) electrons. The minimum Gasteiger partial charge on any atom is -0.393 e. The van der Waals surface area contributed by atoms with Crippen LogP contribution in [0.4, 0.5) is 0 Å². The summed E-state index contributed by atoms with van der Waals surface area (Å²) in [5.41, 5.74) is 2.50. The van der Waals surface area contributed by atoms with Crippen LogP contribution in [0.2, 0.25) is 0 Å². The Morgan fingerprint density at radius 3 is 2.05 bits per heavy atom. The lowest BCUT2D eigenvalue weighted by atomic mass is 9.81. The molecule has 3 rings (SSSR count). The fraction of sp³-hybridized carbons (Fsp3) is 0.333. The van der Waals surface area contributed by atoms with Crippen LogP contribution in [0.25, 0.3) is 0 Å². The van der Waals surface area contributed by atoms with E-state index in [2.05, 4.69) is 60.8 Å². The molecule has 0 aliphatic carbocycles. The van der Waals surface area contributed by atoms with Crippen molar-refractivity contribution in [2.24, 2.45) is 5.92 Å². The highest BCUT2D eigenvalue weighted by atomic mass is 16.3. The molecule has 1 saturated heterocycles. The lowest BCUT2D eigenvalue weighted by Crippen LogP contribution is -2.43. The Kier molecular flexibility index (Phi) is 3.86. The zero-order valence-corrected chi connectivity index (χ0v) is 11.7. The number of piperidine rings is 1. The fourth-order valence-electron chi connectivity index (χ4n) is 3.09. The molecule has 2 aromatic carbocycles. The van der Waals surface area contributed by atoms with E-state index in [1.165, 1.54) is 11.1 Å². The van der Waals surface area contributed by atoms with E-state index in [9.17, 15) is 5.11 Å². The second-order valence-corrected chi connectivity index (χ2v) is 5.68. The number of benzene rings is 2. The third-order valence-corrected chi connectivity index (χ3v) is 4.35. The minimum absolute atomic E-state index is 0.199. The summed E-state index contributed by atoms with van der Waals surface area (Å²) in [4.78, 5) is 0. The number of aliphatic hydroxyl groups is 1. The van der Waals surface area contributed by atoms with E-state index >= 15 is 0 Å². The molecule has 2 nitrogen and oxygen atoms in total. The van der Waals surface area contributed by atoms with Crippen LogP contribution in [0.3, 0.4) is 0 Å². The molecule has 0 saturated carbocycles. The van der Waals surface area contributed by atoms with Gasteiger partial charge in [0.1, 0.15) is 0 Å². The van der Waals surface area contributed by atoms with Crippen molar-refractivity contribution in [3.05, 3.63) is 71.8 Å². The van der Waals surface area contributed by atoms with Crippen LogP contribution in [0.15, 0.2) is 60.7 Å². The molecule has 2 N–H and O–H groups in total. The summed E-state index contributed by atoms with van der Waals surface area (Å²) < 4.78 is 0. The number of nitrogens with one attached hydrogen (secondary N) is 1. The highest BCUT2D eigenvalue weighted by molar-refractivity contribution is 5.25. The first-order valence-corrected chi connectivity index (χ1v) is 7.29. The molecular weight excluding hydrogens is 246 g/mol. The topological polar surface area (TPSA) is 32.3 Å². The van der Waals surface area contributed by atoms with Gasteiger partial charge in [-0.3, -0.25) is 0 Å². The van der Waals surface area contributed by atoms with Crippen molar-refractivity contribution in [2.45, 2.75) is 31.5 Å². The van der Waals surface area contributed by atoms with Gasteiger partial charge < -0.3 is 10.4 Å². The van der Waals surface area contributed by atoms with Gasteiger partial charge in [-0.25, -0.2) is 0 Å². The van der Waals surface area contributed by atoms with Crippen LogP contribution in [-0.4, -0.2) is 11.2 Å². The minimum atomic E-state index is -0.272. The number of hydrogen-bond donors (Lipinski definition) is 2. The molecule has 1 aliphatic heterocycles. The maximum absolute atomic E-state index is 10.4. The average molecular weight is 267 g/mol. The van der Waals surface area contributed by atoms with Crippen LogP contribution in [0, 0.1) is 5.92 Å². The summed E-state index contributed by atoms with van der Waals surface area (Å²) in [6.45, 7) is 2.12. The lowest BCUT2D eigenvalue weighted by molar-refractivity contribution is 0.0402. The quantitative estimate of drug-likeness (QED) is 0.873. The molecule has 0 unspecified atom stereocenters. The number of hydrogen-bond acceptors (Lipinski definition) is 2. The van der Waals surface area contributed by atoms with Crippen molar-refractivity contribution in [1.29, 1.82) is 0 Å². The van der Waals surface area contributed by atoms with E-state index in [0.717, 1.165) is 6.42 Å². The summed E-state index contributed by atoms with van der Waals surface area (Å²) in [5.74, 6) is 0.220. The van der Waals surface area contributed by atoms with Gasteiger partial charge in [0.25, 0.3) is 0 Å². The summed E-state index contributed by atoms with van der Waals surface area (Å²) in [7, 11) is 0. The van der Waals surface area contributed by atoms with E-state index in [1.807, 2.05) is 12.1 Å². The molecule has 2 heteroatoms. The summed E-state index contributed by atoms with van der Waals surface area (Å²) >= 11 is 0. The van der Waals surface area contributed by atoms with Crippen LogP contribution >= 0.6 is 0 Å². The molecule has 20 heavy (non-hydrogen) atoms. The first-order chi connectivity index (χ1) is 9.75. The predicted octanol–water partition coefficient (Wildman–Crippen LogP) is 3.46. The van der Waals surface area contributed by atoms with Crippen molar-refractivity contribution >= 4 is 0 Å². The third-order valence-electron chi connectivity index (χ3n) is 4.35. The molecule has 0 aromatic heterocycles. The van der Waals surface area contributed by atoms with Crippen molar-refractivity contribution < 1.29 is 5.11 Å². The Morgan fingerprint density at radius 1 is 0.900 bits per heavy atom. The Labute approximate surface area is 120 Å². The second kappa shape index (κ2) is 5.78. The Bertz CT molecular complexity index is 540. The Hall–Kier alpha value is -1.64. The zero-order chi connectivity index (χ0) is 13.9. The van der Waals surface area contributed by atoms with E-state index in [1.54, 1.807) is 0 Å². The summed E-state index contributed by atoms with van der Waals surface area (Å²) in [6.07, 6.45) is 0.501. The molecule has 1 fully saturated rings. The first kappa shape index (κ1) is 13.3. The molecular formula is C18H21NO. The standard InChI is InChI=1S/C18H21NO/c1-13-17(20)12-16(14-8-4-2-5-9-14)19-18(13)15-10-6-3-7-11-15/h2-11,13,16-20H,12H2,1H3/t13-,16-,17+,18-/m0/s1. The Morgan fingerprint density at radius 2 is 1.45 bits per heavy atom. The largest absolute Gasteiger partial charge is 0.393 e. The maximum atomic E-state index is 10.4. The van der Waals surface area contributed by atoms with E-state index in [4.69, 9.17) is 0 Å². The molecule has 0 spiro atoms. The van der Waals surface area contributed by atoms with Gasteiger partial charge in [-0.1, -0.05) is 67.6 Å². The second-order valence-electron chi connectivity index (χ2n) is 5.68. The van der Waals surface area contributed by atoms with Gasteiger partial charge in [-0.2, -0.15) is 0 Å². The number of rotatable bonds is 2. The van der Waals surface area contributed by atoms with Gasteiger partial charge in [0.05, 0.1) is 6.10 Å². The predicted molar refractivity (Wildman–Crippen MR) is 81.3 cm³/mol. The van der Waals surface area contributed by atoms with Crippen molar-refractivity contribution in [3.63, 3.8) is 0 Å². The third kappa shape index (κ3) is 2.62. The van der Waals surface area contributed by atoms with Crippen LogP contribution in [0.5, 0.6) is 0 Å². The molecule has 0 bridgehead atoms. The molecule has 1 aliphatic rings. The van der Waals surface area contributed by atoms with Crippen molar-refractivity contribution in [2.75, 3.05) is 0 Å². The average Bonchev–Trinajstić information content (AvgIpc) is 2.51. The van der Waals surface area contributed by atoms with Gasteiger partial charge >= 0.3 is 0 Å². The van der Waals surface area contributed by atoms with Crippen LogP contribution < -0.4 is 5.32 Å². The SMILES string of the molecule is C[C@H]1[C@H](O)C[C@@H](c2ccccc2)N[C@@H]1c1ccccc1. The van der Waals surface area contributed by atoms with Gasteiger partial charge in [0.2, 0.25) is 0 Å². The first-order valence-electron chi connectivity index (χ1n) is 7.29. The van der Waals surface area contributed by atoms with Crippen molar-refractivity contribution in [3.8, 4) is 0 Å². The smallest absolute Gasteiger partial charge is 0.0602 e. The monoisotopic (exact) mass is 267 g/mol. The van der Waals surface area contributed by atoms with Gasteiger partial charge in [-0.05, 0) is 17.5 Å². The highest BCUT2D eigenvalue weighted by Crippen LogP contribution is 2.36. The normalized spacial score (nSPS) is 30.1. The summed E-state index contributed by atoms with van der Waals surface area (Å²) in [5, 5.41) is 14.1. The van der Waals surface area contributed by atoms with Crippen LogP contribution in [-0.2, 0) is 0 Å². The molecule has 104 valence electrons. The fourth-order valence-corrected chi connectivity index (χ4v) is 3.09. The van der Waals surface area contributed by atoms with Gasteiger partial charge in [-0.15, -0.1) is 0 Å². The van der Waals surface area contributed by atoms with Crippen LogP contribution in [0.1, 0.15) is 36.6 Å². The lowest BCUT2D eigenvalue weighted by Gasteiger charge is -2.39. The summed E-state index contributed by atoms with van der Waals surface area (Å²) in [6, 6.07) is 21.2. The molecule has 1 heterocycles.